The van der Waals surface area contributed by atoms with Gasteiger partial charge in [-0.2, -0.15) is 4.98 Å². The summed E-state index contributed by atoms with van der Waals surface area (Å²) in [6.07, 6.45) is 15.7. The standard InChI is InChI=1S/C8H15N3.C8H9N3.C7H8N4.C5H9N3O.C5H11N3.C5H7N3.C4H9N3.C4H7N3/c2*1-9-8-10-6-4-2-3-5-7(6)11-8;1-8-7-10-5-3-2-4-9-6(5)11-7;1-6-5-7-3-2-4(9)8-5;2*1-6-5-7-3-2-4-8-5;2*1-5-4-6-2-3-7-4/h6-7H,2-5H2,1H3,(H2,9,10,11);2-5H,1H3,(H2,9,10,11);2-4H,1H3,(H2,8,9,10,11);2-3H2,1H3,(H2,6,7,8,9);2-4H2,1H3,(H2,6,7,8);2-4H,1H3,(H,6,7,8);2-3H2,1H3,(H2,5,6,7);2-3H,1H3,(H2,5,6,7). The molecular weight excluding hydrogens is 919 g/mol. The Morgan fingerprint density at radius 1 is 0.528 bits per heavy atom. The molecule has 9 heterocycles. The Labute approximate surface area is 421 Å². The normalized spacial score (nSPS) is 17.1. The highest BCUT2D eigenvalue weighted by atomic mass is 16.2. The van der Waals surface area contributed by atoms with E-state index in [1.165, 1.54) is 32.1 Å². The second-order valence-corrected chi connectivity index (χ2v) is 15.4. The van der Waals surface area contributed by atoms with Crippen molar-refractivity contribution in [3.63, 3.8) is 0 Å². The minimum absolute atomic E-state index is 0.0364. The van der Waals surface area contributed by atoms with E-state index in [4.69, 9.17) is 0 Å². The molecule has 2 unspecified atom stereocenters. The maximum absolute atomic E-state index is 10.6. The van der Waals surface area contributed by atoms with Crippen LogP contribution in [0.4, 0.5) is 23.8 Å². The van der Waals surface area contributed by atoms with Crippen molar-refractivity contribution in [3.8, 4) is 0 Å². The first-order valence-electron chi connectivity index (χ1n) is 23.9. The molecule has 1 aliphatic carbocycles. The number of guanidine groups is 4. The number of carbonyl (C=O) groups is 1. The molecule has 0 bridgehead atoms. The molecule has 72 heavy (non-hydrogen) atoms. The number of aliphatic imine (C=N–C) groups is 4. The molecule has 1 aromatic carbocycles. The van der Waals surface area contributed by atoms with Crippen LogP contribution in [0.2, 0.25) is 0 Å². The Bertz CT molecular complexity index is 2350. The number of carbonyl (C=O) groups excluding carboxylic acids is 1. The van der Waals surface area contributed by atoms with Gasteiger partial charge in [-0.25, -0.2) is 24.9 Å². The van der Waals surface area contributed by atoms with Gasteiger partial charge in [0, 0.05) is 139 Å². The van der Waals surface area contributed by atoms with Crippen molar-refractivity contribution in [2.75, 3.05) is 110 Å². The zero-order chi connectivity index (χ0) is 51.6. The molecular formula is C46H75N25O. The van der Waals surface area contributed by atoms with Crippen LogP contribution in [0.15, 0.2) is 93.4 Å². The van der Waals surface area contributed by atoms with E-state index in [9.17, 15) is 4.79 Å². The third-order valence-corrected chi connectivity index (χ3v) is 10.5. The lowest BCUT2D eigenvalue weighted by molar-refractivity contribution is -0.120. The van der Waals surface area contributed by atoms with E-state index in [1.807, 2.05) is 64.6 Å². The third kappa shape index (κ3) is 20.6. The van der Waals surface area contributed by atoms with E-state index in [1.54, 1.807) is 65.2 Å². The predicted molar refractivity (Wildman–Crippen MR) is 292 cm³/mol. The number of hydrogen-bond donors (Lipinski definition) is 15. The number of pyridine rings is 1. The highest BCUT2D eigenvalue weighted by Gasteiger charge is 2.31. The van der Waals surface area contributed by atoms with E-state index in [-0.39, 0.29) is 5.91 Å². The second-order valence-electron chi connectivity index (χ2n) is 15.4. The third-order valence-electron chi connectivity index (χ3n) is 10.5. The Balaban J connectivity index is 0.000000180. The molecule has 0 spiro atoms. The van der Waals surface area contributed by atoms with Gasteiger partial charge in [0.15, 0.2) is 35.4 Å². The number of amides is 1. The Kier molecular flexibility index (Phi) is 25.8. The summed E-state index contributed by atoms with van der Waals surface area (Å²) in [5.41, 5.74) is 3.77. The minimum Gasteiger partial charge on any atom is -0.359 e. The van der Waals surface area contributed by atoms with E-state index in [0.717, 1.165) is 84.1 Å². The Morgan fingerprint density at radius 2 is 1.08 bits per heavy atom. The molecule has 5 aromatic heterocycles. The second kappa shape index (κ2) is 33.1. The zero-order valence-electron chi connectivity index (χ0n) is 42.7. The Morgan fingerprint density at radius 3 is 1.57 bits per heavy atom. The zero-order valence-corrected chi connectivity index (χ0v) is 42.7. The van der Waals surface area contributed by atoms with Crippen LogP contribution < -0.4 is 63.8 Å². The summed E-state index contributed by atoms with van der Waals surface area (Å²) in [5, 5.41) is 36.1. The first kappa shape index (κ1) is 56.1. The van der Waals surface area contributed by atoms with E-state index < -0.39 is 0 Å². The summed E-state index contributed by atoms with van der Waals surface area (Å²) >= 11 is 0. The smallest absolute Gasteiger partial charge is 0.228 e. The van der Waals surface area contributed by atoms with Crippen LogP contribution >= 0.6 is 0 Å². The number of para-hydroxylation sites is 2. The topological polar surface area (TPSA) is 336 Å². The van der Waals surface area contributed by atoms with Crippen LogP contribution in [0.25, 0.3) is 22.2 Å². The number of imidazole rings is 3. The van der Waals surface area contributed by atoms with Crippen LogP contribution in [-0.2, 0) is 4.79 Å². The van der Waals surface area contributed by atoms with Gasteiger partial charge in [0.1, 0.15) is 0 Å². The van der Waals surface area contributed by atoms with Crippen LogP contribution in [0, 0.1) is 0 Å². The molecule has 26 heteroatoms. The van der Waals surface area contributed by atoms with E-state index in [0.29, 0.717) is 37.0 Å². The highest BCUT2D eigenvalue weighted by molar-refractivity contribution is 5.99. The van der Waals surface area contributed by atoms with Crippen molar-refractivity contribution in [2.24, 2.45) is 20.0 Å². The largest absolute Gasteiger partial charge is 0.359 e. The number of benzene rings is 1. The Hall–Kier alpha value is -8.45. The molecule has 2 atom stereocenters. The van der Waals surface area contributed by atoms with Crippen molar-refractivity contribution in [3.05, 3.63) is 73.4 Å². The highest BCUT2D eigenvalue weighted by Crippen LogP contribution is 2.21. The van der Waals surface area contributed by atoms with Crippen molar-refractivity contribution in [1.29, 1.82) is 0 Å². The number of anilines is 4. The van der Waals surface area contributed by atoms with Gasteiger partial charge in [0.2, 0.25) is 23.8 Å². The molecule has 1 saturated carbocycles. The number of nitrogens with zero attached hydrogens (tertiary/aromatic N) is 10. The quantitative estimate of drug-likeness (QED) is 0.120. The average Bonchev–Trinajstić information content (AvgIpc) is 4.33. The van der Waals surface area contributed by atoms with E-state index >= 15 is 0 Å². The number of H-pyrrole nitrogens is 3. The number of rotatable bonds is 4. The lowest BCUT2D eigenvalue weighted by Gasteiger charge is -2.23. The number of fused-ring (bicyclic) bond motifs is 3. The first-order valence-corrected chi connectivity index (χ1v) is 23.9. The van der Waals surface area contributed by atoms with Crippen LogP contribution in [0.5, 0.6) is 0 Å². The first-order chi connectivity index (χ1) is 35.2. The maximum atomic E-state index is 10.6. The summed E-state index contributed by atoms with van der Waals surface area (Å²) in [6, 6.07) is 14.8. The van der Waals surface area contributed by atoms with E-state index in [2.05, 4.69) is 129 Å². The lowest BCUT2D eigenvalue weighted by atomic mass is 9.92. The van der Waals surface area contributed by atoms with Gasteiger partial charge < -0.3 is 73.4 Å². The van der Waals surface area contributed by atoms with Crippen LogP contribution in [0.1, 0.15) is 38.5 Å². The molecule has 0 radical (unpaired) electrons. The monoisotopic (exact) mass is 994 g/mol. The number of nitrogens with one attached hydrogen (secondary N) is 15. The fraction of sp³-hybridized carbons (Fsp3) is 0.457. The van der Waals surface area contributed by atoms with Gasteiger partial charge >= 0.3 is 0 Å². The van der Waals surface area contributed by atoms with Gasteiger partial charge in [0.25, 0.3) is 0 Å². The summed E-state index contributed by atoms with van der Waals surface area (Å²) in [4.78, 5) is 59.5. The maximum Gasteiger partial charge on any atom is 0.228 e. The predicted octanol–water partition coefficient (Wildman–Crippen LogP) is 1.85. The molecule has 1 amide bonds. The SMILES string of the molecule is CN=C1NC2CCCCC2N1.CN=C1NCCC(=O)N1.CN=C1NCCCN1.CN=C1NCCN1.CNc1nc2ccccc2[nH]1.CNc1nc2ncccc2[nH]1.CNc1ncc[nH]1.CNc1ncccn1. The van der Waals surface area contributed by atoms with Crippen molar-refractivity contribution in [1.82, 2.24) is 87.4 Å². The van der Waals surface area contributed by atoms with Crippen molar-refractivity contribution < 1.29 is 4.79 Å². The number of aromatic amines is 3. The van der Waals surface area contributed by atoms with Gasteiger partial charge in [0.05, 0.1) is 16.6 Å². The van der Waals surface area contributed by atoms with Gasteiger partial charge in [-0.3, -0.25) is 30.1 Å². The summed E-state index contributed by atoms with van der Waals surface area (Å²) in [5.74, 6) is 6.47. The molecule has 5 fully saturated rings. The van der Waals surface area contributed by atoms with Gasteiger partial charge in [-0.05, 0) is 49.6 Å². The molecule has 4 aliphatic heterocycles. The summed E-state index contributed by atoms with van der Waals surface area (Å²) in [6.45, 7) is 4.82. The molecule has 390 valence electrons. The molecule has 4 saturated heterocycles. The number of aromatic nitrogens is 9. The molecule has 6 aromatic rings. The molecule has 5 aliphatic rings. The van der Waals surface area contributed by atoms with Gasteiger partial charge in [-0.15, -0.1) is 0 Å². The minimum atomic E-state index is 0.0364. The fourth-order valence-electron chi connectivity index (χ4n) is 6.84. The molecule has 15 N–H and O–H groups in total. The lowest BCUT2D eigenvalue weighted by Crippen LogP contribution is -2.47. The number of hydrogen-bond acceptors (Lipinski definition) is 15. The average molecular weight is 994 g/mol. The fourth-order valence-corrected chi connectivity index (χ4v) is 6.84. The van der Waals surface area contributed by atoms with Crippen LogP contribution in [0.3, 0.4) is 0 Å². The van der Waals surface area contributed by atoms with Crippen molar-refractivity contribution >= 4 is 75.7 Å². The van der Waals surface area contributed by atoms with Crippen molar-refractivity contribution in [2.45, 2.75) is 50.6 Å². The summed E-state index contributed by atoms with van der Waals surface area (Å²) < 4.78 is 0. The molecule has 26 nitrogen and oxygen atoms in total. The van der Waals surface area contributed by atoms with Gasteiger partial charge in [-0.1, -0.05) is 25.0 Å². The summed E-state index contributed by atoms with van der Waals surface area (Å²) in [7, 11) is 14.3. The van der Waals surface area contributed by atoms with Crippen LogP contribution in [-0.4, -0.2) is 176 Å². The molecule has 11 rings (SSSR count).